The summed E-state index contributed by atoms with van der Waals surface area (Å²) < 4.78 is 10.8. The number of carbonyl (C=O) groups excluding carboxylic acids is 2. The molecular formula is C25H29N3O5. The molecule has 174 valence electrons. The van der Waals surface area contributed by atoms with Crippen molar-refractivity contribution in [3.8, 4) is 11.5 Å². The molecule has 2 aliphatic rings. The second-order valence-electron chi connectivity index (χ2n) is 8.13. The summed E-state index contributed by atoms with van der Waals surface area (Å²) in [5, 5.41) is 9.24. The fraction of sp³-hybridized carbons (Fsp3) is 0.360. The summed E-state index contributed by atoms with van der Waals surface area (Å²) in [5.74, 6) is 0.213. The van der Waals surface area contributed by atoms with Gasteiger partial charge in [0.2, 0.25) is 0 Å². The highest BCUT2D eigenvalue weighted by atomic mass is 16.5. The van der Waals surface area contributed by atoms with E-state index in [1.807, 2.05) is 36.1 Å². The Morgan fingerprint density at radius 3 is 2.21 bits per heavy atom. The van der Waals surface area contributed by atoms with Gasteiger partial charge < -0.3 is 19.5 Å². The number of aliphatic hydroxyl groups is 1. The number of ether oxygens (including phenoxy) is 2. The number of aliphatic hydroxyl groups excluding tert-OH is 1. The Bertz CT molecular complexity index is 1070. The molecule has 2 heterocycles. The molecule has 1 N–H and O–H groups in total. The highest BCUT2D eigenvalue weighted by Gasteiger charge is 2.44. The third kappa shape index (κ3) is 4.31. The van der Waals surface area contributed by atoms with Gasteiger partial charge in [0.1, 0.15) is 17.2 Å². The van der Waals surface area contributed by atoms with E-state index in [1.54, 1.807) is 25.3 Å². The van der Waals surface area contributed by atoms with Crippen molar-refractivity contribution in [3.63, 3.8) is 0 Å². The number of β-amino-alcohol motifs (C(OH)–C–C–N with tert-alkyl or cyclic N) is 1. The standard InChI is InChI=1S/C25H29N3O5/c1-17-4-6-18(7-5-17)22-23(27-12-10-26(11-13-27)14-15-29)25(31)28(24(22)30)20-9-8-19(32-2)16-21(20)33-3/h4-9,16,29H,10-15H2,1-3H3. The van der Waals surface area contributed by atoms with Crippen molar-refractivity contribution in [2.24, 2.45) is 0 Å². The number of rotatable bonds is 7. The molecule has 0 atom stereocenters. The van der Waals surface area contributed by atoms with Gasteiger partial charge in [0.25, 0.3) is 11.8 Å². The van der Waals surface area contributed by atoms with Crippen molar-refractivity contribution in [1.82, 2.24) is 9.80 Å². The molecule has 1 fully saturated rings. The average molecular weight is 452 g/mol. The molecule has 33 heavy (non-hydrogen) atoms. The van der Waals surface area contributed by atoms with E-state index in [4.69, 9.17) is 9.47 Å². The highest BCUT2D eigenvalue weighted by molar-refractivity contribution is 6.45. The minimum absolute atomic E-state index is 0.0970. The van der Waals surface area contributed by atoms with E-state index in [-0.39, 0.29) is 18.4 Å². The fourth-order valence-corrected chi connectivity index (χ4v) is 4.32. The van der Waals surface area contributed by atoms with E-state index >= 15 is 0 Å². The fourth-order valence-electron chi connectivity index (χ4n) is 4.32. The van der Waals surface area contributed by atoms with Crippen molar-refractivity contribution in [2.75, 3.05) is 58.5 Å². The van der Waals surface area contributed by atoms with Crippen LogP contribution in [0, 0.1) is 6.92 Å². The number of hydrogen-bond donors (Lipinski definition) is 1. The molecule has 0 radical (unpaired) electrons. The van der Waals surface area contributed by atoms with E-state index in [1.165, 1.54) is 12.0 Å². The third-order valence-corrected chi connectivity index (χ3v) is 6.13. The van der Waals surface area contributed by atoms with Gasteiger partial charge in [-0.05, 0) is 24.6 Å². The molecule has 0 aliphatic carbocycles. The molecule has 0 unspecified atom stereocenters. The first-order chi connectivity index (χ1) is 16.0. The summed E-state index contributed by atoms with van der Waals surface area (Å²) in [7, 11) is 3.05. The first kappa shape index (κ1) is 22.8. The summed E-state index contributed by atoms with van der Waals surface area (Å²) >= 11 is 0. The number of methoxy groups -OCH3 is 2. The molecule has 0 aromatic heterocycles. The van der Waals surface area contributed by atoms with Crippen LogP contribution >= 0.6 is 0 Å². The molecular weight excluding hydrogens is 422 g/mol. The minimum Gasteiger partial charge on any atom is -0.497 e. The van der Waals surface area contributed by atoms with Crippen LogP contribution in [0.3, 0.4) is 0 Å². The number of benzene rings is 2. The summed E-state index contributed by atoms with van der Waals surface area (Å²) in [4.78, 5) is 32.8. The topological polar surface area (TPSA) is 82.5 Å². The maximum absolute atomic E-state index is 13.8. The molecule has 1 saturated heterocycles. The number of anilines is 1. The molecule has 2 aromatic rings. The lowest BCUT2D eigenvalue weighted by Gasteiger charge is -2.36. The lowest BCUT2D eigenvalue weighted by Crippen LogP contribution is -2.48. The quantitative estimate of drug-likeness (QED) is 0.644. The van der Waals surface area contributed by atoms with Crippen LogP contribution in [0.5, 0.6) is 11.5 Å². The number of amides is 2. The second-order valence-corrected chi connectivity index (χ2v) is 8.13. The molecule has 2 aromatic carbocycles. The van der Waals surface area contributed by atoms with Gasteiger partial charge in [-0.3, -0.25) is 14.5 Å². The summed E-state index contributed by atoms with van der Waals surface area (Å²) in [5.41, 5.74) is 2.97. The van der Waals surface area contributed by atoms with Crippen molar-refractivity contribution < 1.29 is 24.2 Å². The van der Waals surface area contributed by atoms with Crippen LogP contribution in [0.2, 0.25) is 0 Å². The Labute approximate surface area is 193 Å². The Balaban J connectivity index is 1.76. The Morgan fingerprint density at radius 1 is 0.909 bits per heavy atom. The SMILES string of the molecule is COc1ccc(N2C(=O)C(c3ccc(C)cc3)=C(N3CCN(CCO)CC3)C2=O)c(OC)c1. The van der Waals surface area contributed by atoms with Crippen LogP contribution in [-0.4, -0.2) is 80.3 Å². The molecule has 4 rings (SSSR count). The highest BCUT2D eigenvalue weighted by Crippen LogP contribution is 2.40. The lowest BCUT2D eigenvalue weighted by atomic mass is 10.0. The van der Waals surface area contributed by atoms with Crippen molar-refractivity contribution >= 4 is 23.1 Å². The van der Waals surface area contributed by atoms with E-state index in [2.05, 4.69) is 4.90 Å². The summed E-state index contributed by atoms with van der Waals surface area (Å²) in [6.07, 6.45) is 0. The van der Waals surface area contributed by atoms with Crippen LogP contribution in [0.25, 0.3) is 5.57 Å². The molecule has 0 saturated carbocycles. The van der Waals surface area contributed by atoms with Gasteiger partial charge in [-0.1, -0.05) is 29.8 Å². The van der Waals surface area contributed by atoms with Crippen LogP contribution in [0.4, 0.5) is 5.69 Å². The van der Waals surface area contributed by atoms with Gasteiger partial charge in [0.05, 0.1) is 32.1 Å². The van der Waals surface area contributed by atoms with E-state index in [0.29, 0.717) is 66.7 Å². The van der Waals surface area contributed by atoms with E-state index in [0.717, 1.165) is 5.56 Å². The van der Waals surface area contributed by atoms with Gasteiger partial charge >= 0.3 is 0 Å². The number of imide groups is 1. The molecule has 0 bridgehead atoms. The number of piperazine rings is 1. The number of nitrogens with zero attached hydrogens (tertiary/aromatic N) is 3. The number of hydrogen-bond acceptors (Lipinski definition) is 7. The maximum Gasteiger partial charge on any atom is 0.282 e. The molecule has 2 aliphatic heterocycles. The Hall–Kier alpha value is -3.36. The molecule has 8 heteroatoms. The maximum atomic E-state index is 13.8. The normalized spacial score (nSPS) is 17.2. The van der Waals surface area contributed by atoms with Crippen LogP contribution < -0.4 is 14.4 Å². The van der Waals surface area contributed by atoms with Crippen LogP contribution in [-0.2, 0) is 9.59 Å². The number of aryl methyl sites for hydroxylation is 1. The van der Waals surface area contributed by atoms with E-state index < -0.39 is 0 Å². The van der Waals surface area contributed by atoms with Crippen molar-refractivity contribution in [3.05, 3.63) is 59.3 Å². The predicted molar refractivity (Wildman–Crippen MR) is 125 cm³/mol. The van der Waals surface area contributed by atoms with Crippen LogP contribution in [0.1, 0.15) is 11.1 Å². The Kier molecular flexibility index (Phi) is 6.67. The van der Waals surface area contributed by atoms with Crippen molar-refractivity contribution in [1.29, 1.82) is 0 Å². The molecule has 8 nitrogen and oxygen atoms in total. The molecule has 2 amide bonds. The first-order valence-corrected chi connectivity index (χ1v) is 11.0. The van der Waals surface area contributed by atoms with Gasteiger partial charge in [0.15, 0.2) is 0 Å². The lowest BCUT2D eigenvalue weighted by molar-refractivity contribution is -0.120. The first-order valence-electron chi connectivity index (χ1n) is 11.0. The van der Waals surface area contributed by atoms with Crippen LogP contribution in [0.15, 0.2) is 48.2 Å². The number of carbonyl (C=O) groups is 2. The Morgan fingerprint density at radius 2 is 1.61 bits per heavy atom. The predicted octanol–water partition coefficient (Wildman–Crippen LogP) is 1.91. The average Bonchev–Trinajstić information content (AvgIpc) is 3.09. The van der Waals surface area contributed by atoms with Gasteiger partial charge in [-0.15, -0.1) is 0 Å². The third-order valence-electron chi connectivity index (χ3n) is 6.13. The second kappa shape index (κ2) is 9.64. The summed E-state index contributed by atoms with van der Waals surface area (Å²) in [6.45, 7) is 5.28. The zero-order valence-electron chi connectivity index (χ0n) is 19.2. The minimum atomic E-state index is -0.375. The van der Waals surface area contributed by atoms with E-state index in [9.17, 15) is 14.7 Å². The zero-order chi connectivity index (χ0) is 23.5. The summed E-state index contributed by atoms with van der Waals surface area (Å²) in [6, 6.07) is 12.7. The smallest absolute Gasteiger partial charge is 0.282 e. The zero-order valence-corrected chi connectivity index (χ0v) is 19.2. The largest absolute Gasteiger partial charge is 0.497 e. The van der Waals surface area contributed by atoms with Crippen molar-refractivity contribution in [2.45, 2.75) is 6.92 Å². The van der Waals surface area contributed by atoms with Gasteiger partial charge in [-0.25, -0.2) is 4.90 Å². The van der Waals surface area contributed by atoms with Gasteiger partial charge in [-0.2, -0.15) is 0 Å². The molecule has 0 spiro atoms. The van der Waals surface area contributed by atoms with Gasteiger partial charge in [0, 0.05) is 38.8 Å². The monoisotopic (exact) mass is 451 g/mol.